The van der Waals surface area contributed by atoms with Gasteiger partial charge >= 0.3 is 0 Å². The molecule has 0 radical (unpaired) electrons. The Morgan fingerprint density at radius 1 is 1.12 bits per heavy atom. The maximum absolute atomic E-state index is 13.1. The molecule has 2 aromatic carbocycles. The molecular weight excluding hydrogens is 335 g/mol. The molecule has 1 heterocycles. The highest BCUT2D eigenvalue weighted by molar-refractivity contribution is 5.77. The fourth-order valence-electron chi connectivity index (χ4n) is 2.96. The molecule has 0 spiro atoms. The van der Waals surface area contributed by atoms with Crippen LogP contribution in [0.3, 0.4) is 0 Å². The van der Waals surface area contributed by atoms with Crippen LogP contribution in [-0.2, 0) is 22.6 Å². The van der Waals surface area contributed by atoms with Gasteiger partial charge in [0.05, 0.1) is 13.2 Å². The maximum Gasteiger partial charge on any atom is 0.258 e. The number of nitrogens with one attached hydrogen (secondary N) is 2. The number of hydrogen-bond acceptors (Lipinski definition) is 3. The third-order valence-electron chi connectivity index (χ3n) is 4.40. The first kappa shape index (κ1) is 18.4. The number of carbonyl (C=O) groups excluding carboxylic acids is 1. The number of quaternary nitrogens is 1. The highest BCUT2D eigenvalue weighted by Crippen LogP contribution is 2.12. The molecule has 2 N–H and O–H groups in total. The minimum Gasteiger partial charge on any atom is -0.484 e. The molecule has 6 heteroatoms. The number of morpholine rings is 1. The van der Waals surface area contributed by atoms with E-state index in [9.17, 15) is 9.18 Å². The Bertz CT molecular complexity index is 733. The van der Waals surface area contributed by atoms with Crippen molar-refractivity contribution in [2.24, 2.45) is 0 Å². The number of ether oxygens (including phenoxy) is 2. The summed E-state index contributed by atoms with van der Waals surface area (Å²) in [5, 5.41) is 2.87. The maximum atomic E-state index is 13.1. The van der Waals surface area contributed by atoms with Crippen LogP contribution in [-0.4, -0.2) is 38.8 Å². The van der Waals surface area contributed by atoms with E-state index in [1.165, 1.54) is 22.6 Å². The van der Waals surface area contributed by atoms with Crippen LogP contribution < -0.4 is 15.0 Å². The number of halogens is 1. The Kier molecular flexibility index (Phi) is 6.57. The van der Waals surface area contributed by atoms with Gasteiger partial charge in [-0.1, -0.05) is 30.3 Å². The van der Waals surface area contributed by atoms with Crippen molar-refractivity contribution in [1.29, 1.82) is 0 Å². The summed E-state index contributed by atoms with van der Waals surface area (Å²) >= 11 is 0. The molecule has 0 saturated carbocycles. The third kappa shape index (κ3) is 5.54. The standard InChI is InChI=1S/C20H23FN2O3/c21-18-6-3-7-19(12-18)26-15-20(24)22-13-16-4-1-2-5-17(16)14-23-8-10-25-11-9-23/h1-7,12H,8-11,13-15H2,(H,22,24)/p+1. The van der Waals surface area contributed by atoms with Crippen molar-refractivity contribution in [2.45, 2.75) is 13.1 Å². The summed E-state index contributed by atoms with van der Waals surface area (Å²) in [5.74, 6) is -0.276. The van der Waals surface area contributed by atoms with E-state index >= 15 is 0 Å². The normalized spacial score (nSPS) is 14.8. The Morgan fingerprint density at radius 3 is 2.65 bits per heavy atom. The van der Waals surface area contributed by atoms with E-state index in [2.05, 4.69) is 11.4 Å². The molecule has 0 bridgehead atoms. The second-order valence-electron chi connectivity index (χ2n) is 6.33. The van der Waals surface area contributed by atoms with Crippen LogP contribution in [0, 0.1) is 5.82 Å². The highest BCUT2D eigenvalue weighted by atomic mass is 19.1. The van der Waals surface area contributed by atoms with Crippen LogP contribution in [0.1, 0.15) is 11.1 Å². The largest absolute Gasteiger partial charge is 0.484 e. The van der Waals surface area contributed by atoms with Gasteiger partial charge < -0.3 is 19.7 Å². The smallest absolute Gasteiger partial charge is 0.258 e. The van der Waals surface area contributed by atoms with Gasteiger partial charge in [0.1, 0.15) is 31.2 Å². The molecule has 2 aromatic rings. The number of carbonyl (C=O) groups is 1. The number of hydrogen-bond donors (Lipinski definition) is 2. The number of rotatable bonds is 7. The lowest BCUT2D eigenvalue weighted by Gasteiger charge is -2.24. The Labute approximate surface area is 152 Å². The van der Waals surface area contributed by atoms with Gasteiger partial charge in [-0.25, -0.2) is 4.39 Å². The van der Waals surface area contributed by atoms with Gasteiger partial charge in [-0.15, -0.1) is 0 Å². The molecule has 26 heavy (non-hydrogen) atoms. The van der Waals surface area contributed by atoms with E-state index < -0.39 is 0 Å². The molecule has 1 saturated heterocycles. The van der Waals surface area contributed by atoms with Gasteiger partial charge in [0.15, 0.2) is 6.61 Å². The summed E-state index contributed by atoms with van der Waals surface area (Å²) in [5.41, 5.74) is 2.33. The minimum atomic E-state index is -0.387. The zero-order chi connectivity index (χ0) is 18.2. The predicted molar refractivity (Wildman–Crippen MR) is 95.4 cm³/mol. The lowest BCUT2D eigenvalue weighted by molar-refractivity contribution is -0.921. The lowest BCUT2D eigenvalue weighted by Crippen LogP contribution is -3.12. The van der Waals surface area contributed by atoms with Gasteiger partial charge in [0, 0.05) is 18.2 Å². The van der Waals surface area contributed by atoms with Gasteiger partial charge in [-0.2, -0.15) is 0 Å². The van der Waals surface area contributed by atoms with Crippen LogP contribution in [0.2, 0.25) is 0 Å². The van der Waals surface area contributed by atoms with Crippen molar-refractivity contribution in [3.63, 3.8) is 0 Å². The van der Waals surface area contributed by atoms with Crippen LogP contribution >= 0.6 is 0 Å². The second-order valence-corrected chi connectivity index (χ2v) is 6.33. The van der Waals surface area contributed by atoms with Gasteiger partial charge in [0.2, 0.25) is 0 Å². The van der Waals surface area contributed by atoms with E-state index in [0.717, 1.165) is 38.4 Å². The quantitative estimate of drug-likeness (QED) is 0.774. The molecule has 3 rings (SSSR count). The van der Waals surface area contributed by atoms with Crippen molar-refractivity contribution in [1.82, 2.24) is 5.32 Å². The third-order valence-corrected chi connectivity index (χ3v) is 4.40. The molecule has 1 aliphatic rings. The molecule has 138 valence electrons. The molecule has 5 nitrogen and oxygen atoms in total. The van der Waals surface area contributed by atoms with Crippen molar-refractivity contribution in [3.8, 4) is 5.75 Å². The Hall–Kier alpha value is -2.44. The second kappa shape index (κ2) is 9.31. The van der Waals surface area contributed by atoms with Crippen molar-refractivity contribution in [2.75, 3.05) is 32.9 Å². The fourth-order valence-corrected chi connectivity index (χ4v) is 2.96. The SMILES string of the molecule is O=C(COc1cccc(F)c1)NCc1ccccc1C[NH+]1CCOCC1. The summed E-state index contributed by atoms with van der Waals surface area (Å²) in [6, 6.07) is 13.9. The van der Waals surface area contributed by atoms with Crippen LogP contribution in [0.15, 0.2) is 48.5 Å². The van der Waals surface area contributed by atoms with Crippen LogP contribution in [0.25, 0.3) is 0 Å². The van der Waals surface area contributed by atoms with Crippen molar-refractivity contribution in [3.05, 3.63) is 65.5 Å². The summed E-state index contributed by atoms with van der Waals surface area (Å²) in [7, 11) is 0. The fraction of sp³-hybridized carbons (Fsp3) is 0.350. The van der Waals surface area contributed by atoms with E-state index in [1.807, 2.05) is 18.2 Å². The lowest BCUT2D eigenvalue weighted by atomic mass is 10.1. The van der Waals surface area contributed by atoms with E-state index in [1.54, 1.807) is 12.1 Å². The van der Waals surface area contributed by atoms with Crippen molar-refractivity contribution >= 4 is 5.91 Å². The van der Waals surface area contributed by atoms with Crippen LogP contribution in [0.4, 0.5) is 4.39 Å². The van der Waals surface area contributed by atoms with Gasteiger partial charge in [-0.3, -0.25) is 4.79 Å². The summed E-state index contributed by atoms with van der Waals surface area (Å²) in [6.07, 6.45) is 0. The molecular formula is C20H24FN2O3+. The monoisotopic (exact) mass is 359 g/mol. The molecule has 0 aliphatic carbocycles. The molecule has 1 fully saturated rings. The number of benzene rings is 2. The zero-order valence-electron chi connectivity index (χ0n) is 14.7. The molecule has 1 aliphatic heterocycles. The van der Waals surface area contributed by atoms with Gasteiger partial charge in [-0.05, 0) is 17.7 Å². The molecule has 0 aromatic heterocycles. The van der Waals surface area contributed by atoms with E-state index in [4.69, 9.17) is 9.47 Å². The Balaban J connectivity index is 1.50. The highest BCUT2D eigenvalue weighted by Gasteiger charge is 2.16. The zero-order valence-corrected chi connectivity index (χ0v) is 14.7. The van der Waals surface area contributed by atoms with Crippen LogP contribution in [0.5, 0.6) is 5.75 Å². The predicted octanol–water partition coefficient (Wildman–Crippen LogP) is 0.936. The average Bonchev–Trinajstić information content (AvgIpc) is 2.66. The molecule has 0 unspecified atom stereocenters. The summed E-state index contributed by atoms with van der Waals surface area (Å²) in [4.78, 5) is 13.5. The first-order chi connectivity index (χ1) is 12.7. The molecule has 1 amide bonds. The Morgan fingerprint density at radius 2 is 1.88 bits per heavy atom. The first-order valence-electron chi connectivity index (χ1n) is 8.84. The molecule has 0 atom stereocenters. The summed E-state index contributed by atoms with van der Waals surface area (Å²) in [6.45, 7) is 4.84. The first-order valence-corrected chi connectivity index (χ1v) is 8.84. The topological polar surface area (TPSA) is 52.0 Å². The van der Waals surface area contributed by atoms with E-state index in [0.29, 0.717) is 12.3 Å². The van der Waals surface area contributed by atoms with Crippen molar-refractivity contribution < 1.29 is 23.6 Å². The summed E-state index contributed by atoms with van der Waals surface area (Å²) < 4.78 is 23.8. The minimum absolute atomic E-state index is 0.139. The van der Waals surface area contributed by atoms with Gasteiger partial charge in [0.25, 0.3) is 5.91 Å². The average molecular weight is 359 g/mol. The van der Waals surface area contributed by atoms with E-state index in [-0.39, 0.29) is 18.3 Å². The number of amides is 1.